The van der Waals surface area contributed by atoms with Gasteiger partial charge in [0.1, 0.15) is 0 Å². The SMILES string of the molecule is CC(=O)NC(CC(=O)NC(CCO)C1CC1)c1ccccc1. The summed E-state index contributed by atoms with van der Waals surface area (Å²) in [7, 11) is 0. The molecule has 1 aromatic carbocycles. The van der Waals surface area contributed by atoms with Crippen molar-refractivity contribution in [2.75, 3.05) is 6.61 Å². The van der Waals surface area contributed by atoms with E-state index in [9.17, 15) is 9.59 Å². The third kappa shape index (κ3) is 5.15. The maximum absolute atomic E-state index is 12.3. The van der Waals surface area contributed by atoms with E-state index in [2.05, 4.69) is 10.6 Å². The fourth-order valence-corrected chi connectivity index (χ4v) is 2.70. The monoisotopic (exact) mass is 304 g/mol. The first-order chi connectivity index (χ1) is 10.6. The Bertz CT molecular complexity index is 500. The lowest BCUT2D eigenvalue weighted by molar-refractivity contribution is -0.123. The number of aliphatic hydroxyl groups excluding tert-OH is 1. The number of aliphatic hydroxyl groups is 1. The molecule has 0 bridgehead atoms. The highest BCUT2D eigenvalue weighted by molar-refractivity contribution is 5.79. The number of benzene rings is 1. The first-order valence-corrected chi connectivity index (χ1v) is 7.82. The van der Waals surface area contributed by atoms with Gasteiger partial charge in [-0.05, 0) is 30.7 Å². The summed E-state index contributed by atoms with van der Waals surface area (Å²) in [5.41, 5.74) is 0.915. The van der Waals surface area contributed by atoms with Gasteiger partial charge in [0.05, 0.1) is 12.5 Å². The van der Waals surface area contributed by atoms with Crippen LogP contribution < -0.4 is 10.6 Å². The average molecular weight is 304 g/mol. The van der Waals surface area contributed by atoms with Crippen LogP contribution in [0.25, 0.3) is 0 Å². The van der Waals surface area contributed by atoms with Crippen LogP contribution >= 0.6 is 0 Å². The summed E-state index contributed by atoms with van der Waals surface area (Å²) < 4.78 is 0. The highest BCUT2D eigenvalue weighted by atomic mass is 16.3. The lowest BCUT2D eigenvalue weighted by atomic mass is 10.0. The Hall–Kier alpha value is -1.88. The van der Waals surface area contributed by atoms with Gasteiger partial charge in [-0.2, -0.15) is 0 Å². The van der Waals surface area contributed by atoms with E-state index in [1.807, 2.05) is 30.3 Å². The van der Waals surface area contributed by atoms with Gasteiger partial charge in [0.25, 0.3) is 0 Å². The molecule has 1 fully saturated rings. The molecular weight excluding hydrogens is 280 g/mol. The highest BCUT2D eigenvalue weighted by Gasteiger charge is 2.32. The minimum atomic E-state index is -0.326. The van der Waals surface area contributed by atoms with E-state index in [1.165, 1.54) is 6.92 Å². The third-order valence-electron chi connectivity index (χ3n) is 3.95. The molecule has 1 aromatic rings. The zero-order chi connectivity index (χ0) is 15.9. The second kappa shape index (κ2) is 7.94. The van der Waals surface area contributed by atoms with E-state index in [4.69, 9.17) is 5.11 Å². The van der Waals surface area contributed by atoms with Crippen molar-refractivity contribution >= 4 is 11.8 Å². The summed E-state index contributed by atoms with van der Waals surface area (Å²) >= 11 is 0. The van der Waals surface area contributed by atoms with Crippen molar-refractivity contribution in [2.24, 2.45) is 5.92 Å². The number of hydrogen-bond acceptors (Lipinski definition) is 3. The molecule has 0 spiro atoms. The van der Waals surface area contributed by atoms with Crippen LogP contribution in [0.2, 0.25) is 0 Å². The van der Waals surface area contributed by atoms with Gasteiger partial charge in [-0.25, -0.2) is 0 Å². The number of rotatable bonds is 8. The second-order valence-corrected chi connectivity index (χ2v) is 5.89. The van der Waals surface area contributed by atoms with Crippen LogP contribution in [-0.2, 0) is 9.59 Å². The molecule has 0 saturated heterocycles. The van der Waals surface area contributed by atoms with Crippen LogP contribution in [0.15, 0.2) is 30.3 Å². The number of amides is 2. The minimum Gasteiger partial charge on any atom is -0.396 e. The van der Waals surface area contributed by atoms with Gasteiger partial charge < -0.3 is 15.7 Å². The fourth-order valence-electron chi connectivity index (χ4n) is 2.70. The van der Waals surface area contributed by atoms with Gasteiger partial charge in [0, 0.05) is 19.6 Å². The molecule has 22 heavy (non-hydrogen) atoms. The average Bonchev–Trinajstić information content (AvgIpc) is 3.31. The van der Waals surface area contributed by atoms with Crippen LogP contribution in [0.4, 0.5) is 0 Å². The third-order valence-corrected chi connectivity index (χ3v) is 3.95. The summed E-state index contributed by atoms with van der Waals surface area (Å²) in [6.07, 6.45) is 3.02. The molecule has 2 unspecified atom stereocenters. The maximum Gasteiger partial charge on any atom is 0.222 e. The predicted octanol–water partition coefficient (Wildman–Crippen LogP) is 1.53. The molecule has 1 aliphatic carbocycles. The van der Waals surface area contributed by atoms with Crippen molar-refractivity contribution in [3.05, 3.63) is 35.9 Å². The van der Waals surface area contributed by atoms with Crippen molar-refractivity contribution in [3.8, 4) is 0 Å². The number of hydrogen-bond donors (Lipinski definition) is 3. The van der Waals surface area contributed by atoms with Gasteiger partial charge in [-0.15, -0.1) is 0 Å². The van der Waals surface area contributed by atoms with Crippen molar-refractivity contribution < 1.29 is 14.7 Å². The Morgan fingerprint density at radius 3 is 2.45 bits per heavy atom. The quantitative estimate of drug-likeness (QED) is 0.681. The standard InChI is InChI=1S/C17H24N2O3/c1-12(21)18-16(13-5-3-2-4-6-13)11-17(22)19-15(9-10-20)14-7-8-14/h2-6,14-16,20H,7-11H2,1H3,(H,18,21)(H,19,22). The van der Waals surface area contributed by atoms with Gasteiger partial charge in [0.2, 0.25) is 11.8 Å². The van der Waals surface area contributed by atoms with Gasteiger partial charge in [-0.1, -0.05) is 30.3 Å². The van der Waals surface area contributed by atoms with Crippen molar-refractivity contribution in [3.63, 3.8) is 0 Å². The number of carbonyl (C=O) groups excluding carboxylic acids is 2. The van der Waals surface area contributed by atoms with E-state index in [1.54, 1.807) is 0 Å². The van der Waals surface area contributed by atoms with Crippen molar-refractivity contribution in [1.29, 1.82) is 0 Å². The summed E-state index contributed by atoms with van der Waals surface area (Å²) in [4.78, 5) is 23.7. The molecule has 2 atom stereocenters. The molecule has 0 radical (unpaired) electrons. The molecular formula is C17H24N2O3. The second-order valence-electron chi connectivity index (χ2n) is 5.89. The predicted molar refractivity (Wildman–Crippen MR) is 84.0 cm³/mol. The summed E-state index contributed by atoms with van der Waals surface area (Å²) in [6, 6.07) is 9.21. The van der Waals surface area contributed by atoms with Gasteiger partial charge in [-0.3, -0.25) is 9.59 Å². The van der Waals surface area contributed by atoms with Crippen LogP contribution in [0.3, 0.4) is 0 Å². The van der Waals surface area contributed by atoms with Crippen molar-refractivity contribution in [1.82, 2.24) is 10.6 Å². The topological polar surface area (TPSA) is 78.4 Å². The summed E-state index contributed by atoms with van der Waals surface area (Å²) in [5, 5.41) is 14.9. The smallest absolute Gasteiger partial charge is 0.222 e. The van der Waals surface area contributed by atoms with E-state index in [0.717, 1.165) is 18.4 Å². The molecule has 120 valence electrons. The van der Waals surface area contributed by atoms with Crippen molar-refractivity contribution in [2.45, 2.75) is 44.7 Å². The largest absolute Gasteiger partial charge is 0.396 e. The zero-order valence-electron chi connectivity index (χ0n) is 12.9. The normalized spacial score (nSPS) is 16.6. The van der Waals surface area contributed by atoms with E-state index in [0.29, 0.717) is 12.3 Å². The van der Waals surface area contributed by atoms with E-state index < -0.39 is 0 Å². The number of carbonyl (C=O) groups is 2. The minimum absolute atomic E-state index is 0.0475. The molecule has 1 aliphatic rings. The Labute approximate surface area is 131 Å². The maximum atomic E-state index is 12.3. The Balaban J connectivity index is 1.96. The Kier molecular flexibility index (Phi) is 5.95. The first-order valence-electron chi connectivity index (χ1n) is 7.82. The fraction of sp³-hybridized carbons (Fsp3) is 0.529. The zero-order valence-corrected chi connectivity index (χ0v) is 12.9. The molecule has 0 aromatic heterocycles. The van der Waals surface area contributed by atoms with E-state index in [-0.39, 0.29) is 36.9 Å². The van der Waals surface area contributed by atoms with Crippen LogP contribution in [0.1, 0.15) is 44.2 Å². The first kappa shape index (κ1) is 16.5. The Morgan fingerprint density at radius 2 is 1.91 bits per heavy atom. The Morgan fingerprint density at radius 1 is 1.23 bits per heavy atom. The molecule has 1 saturated carbocycles. The molecule has 3 N–H and O–H groups in total. The highest BCUT2D eigenvalue weighted by Crippen LogP contribution is 2.34. The lowest BCUT2D eigenvalue weighted by Gasteiger charge is -2.21. The summed E-state index contributed by atoms with van der Waals surface area (Å²) in [6.45, 7) is 1.53. The van der Waals surface area contributed by atoms with Gasteiger partial charge in [0.15, 0.2) is 0 Å². The molecule has 0 aliphatic heterocycles. The molecule has 2 rings (SSSR count). The van der Waals surface area contributed by atoms with Crippen LogP contribution in [0, 0.1) is 5.92 Å². The lowest BCUT2D eigenvalue weighted by Crippen LogP contribution is -2.39. The number of nitrogens with one attached hydrogen (secondary N) is 2. The van der Waals surface area contributed by atoms with Crippen LogP contribution in [0.5, 0.6) is 0 Å². The molecule has 5 nitrogen and oxygen atoms in total. The van der Waals surface area contributed by atoms with Crippen LogP contribution in [-0.4, -0.2) is 29.6 Å². The molecule has 0 heterocycles. The summed E-state index contributed by atoms with van der Waals surface area (Å²) in [5.74, 6) is 0.246. The van der Waals surface area contributed by atoms with E-state index >= 15 is 0 Å². The van der Waals surface area contributed by atoms with Gasteiger partial charge >= 0.3 is 0 Å². The molecule has 2 amide bonds. The molecule has 5 heteroatoms.